The van der Waals surface area contributed by atoms with Crippen molar-refractivity contribution in [2.24, 2.45) is 11.1 Å². The van der Waals surface area contributed by atoms with Crippen LogP contribution >= 0.6 is 0 Å². The molecule has 1 aromatic carbocycles. The van der Waals surface area contributed by atoms with E-state index in [1.54, 1.807) is 26.0 Å². The Morgan fingerprint density at radius 2 is 1.95 bits per heavy atom. The van der Waals surface area contributed by atoms with Gasteiger partial charge in [0.05, 0.1) is 5.41 Å². The SMILES string of the molecule is CCNC(=O)c1ccc(C)c(NC(=O)C(C)(C)CN)c1. The molecule has 0 radical (unpaired) electrons. The summed E-state index contributed by atoms with van der Waals surface area (Å²) in [7, 11) is 0. The van der Waals surface area contributed by atoms with Gasteiger partial charge in [-0.25, -0.2) is 0 Å². The molecule has 5 heteroatoms. The molecule has 2 amide bonds. The second-order valence-electron chi connectivity index (χ2n) is 5.43. The highest BCUT2D eigenvalue weighted by molar-refractivity contribution is 5.99. The Morgan fingerprint density at radius 3 is 2.50 bits per heavy atom. The van der Waals surface area contributed by atoms with E-state index in [1.807, 2.05) is 19.9 Å². The Balaban J connectivity index is 2.98. The molecule has 0 saturated heterocycles. The van der Waals surface area contributed by atoms with Crippen molar-refractivity contribution >= 4 is 17.5 Å². The van der Waals surface area contributed by atoms with Crippen LogP contribution in [-0.4, -0.2) is 24.9 Å². The normalized spacial score (nSPS) is 11.1. The van der Waals surface area contributed by atoms with Crippen LogP contribution in [0, 0.1) is 12.3 Å². The zero-order valence-corrected chi connectivity index (χ0v) is 12.5. The average Bonchev–Trinajstić information content (AvgIpc) is 2.41. The number of hydrogen-bond donors (Lipinski definition) is 3. The van der Waals surface area contributed by atoms with Gasteiger partial charge >= 0.3 is 0 Å². The quantitative estimate of drug-likeness (QED) is 0.765. The third-order valence-electron chi connectivity index (χ3n) is 3.21. The molecular weight excluding hydrogens is 254 g/mol. The molecule has 0 saturated carbocycles. The van der Waals surface area contributed by atoms with Crippen molar-refractivity contribution in [1.29, 1.82) is 0 Å². The van der Waals surface area contributed by atoms with Gasteiger partial charge in [0.2, 0.25) is 5.91 Å². The minimum atomic E-state index is -0.645. The predicted octanol–water partition coefficient (Wildman–Crippen LogP) is 1.67. The van der Waals surface area contributed by atoms with Gasteiger partial charge in [0.1, 0.15) is 0 Å². The van der Waals surface area contributed by atoms with Crippen LogP contribution in [-0.2, 0) is 4.79 Å². The first-order valence-electron chi connectivity index (χ1n) is 6.72. The topological polar surface area (TPSA) is 84.2 Å². The van der Waals surface area contributed by atoms with E-state index in [0.717, 1.165) is 5.56 Å². The third kappa shape index (κ3) is 3.81. The summed E-state index contributed by atoms with van der Waals surface area (Å²) < 4.78 is 0. The van der Waals surface area contributed by atoms with Crippen LogP contribution in [0.1, 0.15) is 36.7 Å². The number of rotatable bonds is 5. The summed E-state index contributed by atoms with van der Waals surface area (Å²) >= 11 is 0. The Hall–Kier alpha value is -1.88. The van der Waals surface area contributed by atoms with E-state index in [2.05, 4.69) is 10.6 Å². The number of hydrogen-bond acceptors (Lipinski definition) is 3. The highest BCUT2D eigenvalue weighted by Gasteiger charge is 2.26. The molecule has 0 spiro atoms. The van der Waals surface area contributed by atoms with Crippen molar-refractivity contribution in [2.45, 2.75) is 27.7 Å². The zero-order chi connectivity index (χ0) is 15.3. The number of amides is 2. The molecule has 5 nitrogen and oxygen atoms in total. The van der Waals surface area contributed by atoms with Crippen LogP contribution in [0.25, 0.3) is 0 Å². The maximum atomic E-state index is 12.1. The minimum Gasteiger partial charge on any atom is -0.352 e. The number of aryl methyl sites for hydroxylation is 1. The van der Waals surface area contributed by atoms with Crippen LogP contribution in [0.15, 0.2) is 18.2 Å². The van der Waals surface area contributed by atoms with Gasteiger partial charge in [-0.3, -0.25) is 9.59 Å². The molecule has 0 aliphatic carbocycles. The van der Waals surface area contributed by atoms with Gasteiger partial charge in [-0.2, -0.15) is 0 Å². The van der Waals surface area contributed by atoms with Gasteiger partial charge in [0.25, 0.3) is 5.91 Å². The lowest BCUT2D eigenvalue weighted by Crippen LogP contribution is -2.37. The van der Waals surface area contributed by atoms with Crippen molar-refractivity contribution in [2.75, 3.05) is 18.4 Å². The van der Waals surface area contributed by atoms with Crippen LogP contribution < -0.4 is 16.4 Å². The molecule has 0 aromatic heterocycles. The van der Waals surface area contributed by atoms with E-state index < -0.39 is 5.41 Å². The molecule has 0 fully saturated rings. The van der Waals surface area contributed by atoms with Crippen LogP contribution in [0.4, 0.5) is 5.69 Å². The lowest BCUT2D eigenvalue weighted by atomic mass is 9.92. The summed E-state index contributed by atoms with van der Waals surface area (Å²) in [4.78, 5) is 23.9. The number of carbonyl (C=O) groups excluding carboxylic acids is 2. The molecule has 0 heterocycles. The van der Waals surface area contributed by atoms with Crippen molar-refractivity contribution < 1.29 is 9.59 Å². The van der Waals surface area contributed by atoms with Gasteiger partial charge in [0.15, 0.2) is 0 Å². The van der Waals surface area contributed by atoms with E-state index in [9.17, 15) is 9.59 Å². The number of benzene rings is 1. The highest BCUT2D eigenvalue weighted by Crippen LogP contribution is 2.21. The molecule has 0 aliphatic heterocycles. The smallest absolute Gasteiger partial charge is 0.251 e. The fraction of sp³-hybridized carbons (Fsp3) is 0.467. The van der Waals surface area contributed by atoms with E-state index in [-0.39, 0.29) is 18.4 Å². The molecule has 1 rings (SSSR count). The maximum absolute atomic E-state index is 12.1. The molecule has 110 valence electrons. The lowest BCUT2D eigenvalue weighted by Gasteiger charge is -2.22. The number of nitrogens with one attached hydrogen (secondary N) is 2. The summed E-state index contributed by atoms with van der Waals surface area (Å²) in [6, 6.07) is 5.24. The highest BCUT2D eigenvalue weighted by atomic mass is 16.2. The molecule has 0 unspecified atom stereocenters. The summed E-state index contributed by atoms with van der Waals surface area (Å²) in [5.41, 5.74) is 7.01. The van der Waals surface area contributed by atoms with Gasteiger partial charge in [-0.1, -0.05) is 6.07 Å². The second kappa shape index (κ2) is 6.52. The van der Waals surface area contributed by atoms with E-state index in [1.165, 1.54) is 0 Å². The second-order valence-corrected chi connectivity index (χ2v) is 5.43. The van der Waals surface area contributed by atoms with Crippen molar-refractivity contribution in [1.82, 2.24) is 5.32 Å². The van der Waals surface area contributed by atoms with Crippen molar-refractivity contribution in [3.05, 3.63) is 29.3 Å². The van der Waals surface area contributed by atoms with E-state index >= 15 is 0 Å². The summed E-state index contributed by atoms with van der Waals surface area (Å²) in [6.07, 6.45) is 0. The molecule has 0 bridgehead atoms. The summed E-state index contributed by atoms with van der Waals surface area (Å²) in [5, 5.41) is 5.57. The zero-order valence-electron chi connectivity index (χ0n) is 12.5. The van der Waals surface area contributed by atoms with Crippen LogP contribution in [0.3, 0.4) is 0 Å². The lowest BCUT2D eigenvalue weighted by molar-refractivity contribution is -0.123. The van der Waals surface area contributed by atoms with Gasteiger partial charge in [0, 0.05) is 24.3 Å². The average molecular weight is 277 g/mol. The number of anilines is 1. The summed E-state index contributed by atoms with van der Waals surface area (Å²) in [5.74, 6) is -0.308. The Bertz CT molecular complexity index is 510. The van der Waals surface area contributed by atoms with Crippen LogP contribution in [0.2, 0.25) is 0 Å². The molecule has 0 aliphatic rings. The Morgan fingerprint density at radius 1 is 1.30 bits per heavy atom. The fourth-order valence-electron chi connectivity index (χ4n) is 1.54. The predicted molar refractivity (Wildman–Crippen MR) is 80.7 cm³/mol. The van der Waals surface area contributed by atoms with E-state index in [4.69, 9.17) is 5.73 Å². The molecule has 1 aromatic rings. The first-order valence-corrected chi connectivity index (χ1v) is 6.72. The van der Waals surface area contributed by atoms with Crippen molar-refractivity contribution in [3.63, 3.8) is 0 Å². The van der Waals surface area contributed by atoms with Crippen LogP contribution in [0.5, 0.6) is 0 Å². The van der Waals surface area contributed by atoms with Gasteiger partial charge < -0.3 is 16.4 Å². The third-order valence-corrected chi connectivity index (χ3v) is 3.21. The number of carbonyl (C=O) groups is 2. The first-order chi connectivity index (χ1) is 9.31. The fourth-order valence-corrected chi connectivity index (χ4v) is 1.54. The number of nitrogens with two attached hydrogens (primary N) is 1. The minimum absolute atomic E-state index is 0.152. The first kappa shape index (κ1) is 16.2. The maximum Gasteiger partial charge on any atom is 0.251 e. The summed E-state index contributed by atoms with van der Waals surface area (Å²) in [6.45, 7) is 8.13. The Labute approximate surface area is 119 Å². The molecule has 20 heavy (non-hydrogen) atoms. The molecule has 0 atom stereocenters. The molecule has 4 N–H and O–H groups in total. The van der Waals surface area contributed by atoms with Gasteiger partial charge in [-0.15, -0.1) is 0 Å². The standard InChI is InChI=1S/C15H23N3O2/c1-5-17-13(19)11-7-6-10(2)12(8-11)18-14(20)15(3,4)9-16/h6-8H,5,9,16H2,1-4H3,(H,17,19)(H,18,20). The monoisotopic (exact) mass is 277 g/mol. The Kier molecular flexibility index (Phi) is 5.27. The van der Waals surface area contributed by atoms with E-state index in [0.29, 0.717) is 17.8 Å². The molecular formula is C15H23N3O2. The largest absolute Gasteiger partial charge is 0.352 e. The van der Waals surface area contributed by atoms with Crippen molar-refractivity contribution in [3.8, 4) is 0 Å². The van der Waals surface area contributed by atoms with Gasteiger partial charge in [-0.05, 0) is 45.4 Å².